The molecule has 132 valence electrons. The highest BCUT2D eigenvalue weighted by Crippen LogP contribution is 2.37. The second-order valence-corrected chi connectivity index (χ2v) is 6.96. The van der Waals surface area contributed by atoms with Crippen molar-refractivity contribution in [1.29, 1.82) is 0 Å². The van der Waals surface area contributed by atoms with Gasteiger partial charge in [0.25, 0.3) is 5.92 Å². The van der Waals surface area contributed by atoms with Crippen LogP contribution in [0, 0.1) is 0 Å². The van der Waals surface area contributed by atoms with E-state index in [4.69, 9.17) is 0 Å². The number of alkyl halides is 2. The molecule has 3 rings (SSSR count). The molecular weight excluding hydrogens is 314 g/mol. The molecule has 1 saturated heterocycles. The molecule has 0 spiro atoms. The Labute approximate surface area is 140 Å². The topological polar surface area (TPSA) is 59.6 Å². The SMILES string of the molecule is C[C@H]1C[C@@](O)(c2ccc(C(C)(F)F)cc2)C[C@@H](C2=CN(C)NN2)N1. The predicted octanol–water partition coefficient (Wildman–Crippen LogP) is 1.92. The van der Waals surface area contributed by atoms with Crippen molar-refractivity contribution in [3.63, 3.8) is 0 Å². The molecule has 0 saturated carbocycles. The summed E-state index contributed by atoms with van der Waals surface area (Å²) in [5.41, 5.74) is 6.56. The highest BCUT2D eigenvalue weighted by Gasteiger charge is 2.41. The van der Waals surface area contributed by atoms with Crippen LogP contribution in [0.25, 0.3) is 0 Å². The van der Waals surface area contributed by atoms with E-state index in [1.165, 1.54) is 12.1 Å². The average Bonchev–Trinajstić information content (AvgIpc) is 2.92. The Bertz CT molecular complexity index is 628. The van der Waals surface area contributed by atoms with E-state index in [1.54, 1.807) is 17.1 Å². The van der Waals surface area contributed by atoms with Crippen molar-refractivity contribution in [1.82, 2.24) is 21.3 Å². The third-order valence-electron chi connectivity index (χ3n) is 4.69. The molecular formula is C17H24F2N4O. The summed E-state index contributed by atoms with van der Waals surface area (Å²) >= 11 is 0. The van der Waals surface area contributed by atoms with Gasteiger partial charge in [-0.15, -0.1) is 5.53 Å². The second-order valence-electron chi connectivity index (χ2n) is 6.96. The third kappa shape index (κ3) is 3.38. The molecule has 2 aliphatic rings. The van der Waals surface area contributed by atoms with Gasteiger partial charge in [-0.2, -0.15) is 0 Å². The van der Waals surface area contributed by atoms with Crippen LogP contribution in [0.3, 0.4) is 0 Å². The van der Waals surface area contributed by atoms with E-state index in [0.717, 1.165) is 12.6 Å². The number of hydrazine groups is 2. The van der Waals surface area contributed by atoms with Crippen LogP contribution in [-0.4, -0.2) is 29.2 Å². The first kappa shape index (κ1) is 17.1. The van der Waals surface area contributed by atoms with Crippen LogP contribution in [0.2, 0.25) is 0 Å². The summed E-state index contributed by atoms with van der Waals surface area (Å²) in [6, 6.07) is 6.07. The number of rotatable bonds is 3. The van der Waals surface area contributed by atoms with Crippen LogP contribution >= 0.6 is 0 Å². The van der Waals surface area contributed by atoms with Crippen molar-refractivity contribution in [2.75, 3.05) is 7.05 Å². The first-order chi connectivity index (χ1) is 11.2. The van der Waals surface area contributed by atoms with Gasteiger partial charge in [-0.1, -0.05) is 24.3 Å². The number of benzene rings is 1. The van der Waals surface area contributed by atoms with Gasteiger partial charge in [0.15, 0.2) is 0 Å². The summed E-state index contributed by atoms with van der Waals surface area (Å²) in [5, 5.41) is 16.4. The van der Waals surface area contributed by atoms with E-state index >= 15 is 0 Å². The number of halogens is 2. The Morgan fingerprint density at radius 2 is 1.92 bits per heavy atom. The fourth-order valence-electron chi connectivity index (χ4n) is 3.50. The molecule has 0 amide bonds. The molecule has 24 heavy (non-hydrogen) atoms. The molecule has 2 heterocycles. The molecule has 4 N–H and O–H groups in total. The Kier molecular flexibility index (Phi) is 4.27. The van der Waals surface area contributed by atoms with E-state index in [2.05, 4.69) is 16.3 Å². The van der Waals surface area contributed by atoms with Gasteiger partial charge in [0.2, 0.25) is 0 Å². The van der Waals surface area contributed by atoms with Crippen molar-refractivity contribution in [2.24, 2.45) is 0 Å². The normalized spacial score (nSPS) is 30.9. The van der Waals surface area contributed by atoms with Crippen LogP contribution in [-0.2, 0) is 11.5 Å². The molecule has 5 nitrogen and oxygen atoms in total. The predicted molar refractivity (Wildman–Crippen MR) is 87.6 cm³/mol. The molecule has 0 radical (unpaired) electrons. The minimum Gasteiger partial charge on any atom is -0.385 e. The highest BCUT2D eigenvalue weighted by atomic mass is 19.3. The molecule has 3 atom stereocenters. The number of nitrogens with zero attached hydrogens (tertiary/aromatic N) is 1. The zero-order valence-electron chi connectivity index (χ0n) is 14.1. The largest absolute Gasteiger partial charge is 0.385 e. The molecule has 1 aromatic carbocycles. The van der Waals surface area contributed by atoms with Gasteiger partial charge in [-0.05, 0) is 18.9 Å². The average molecular weight is 338 g/mol. The van der Waals surface area contributed by atoms with E-state index < -0.39 is 11.5 Å². The van der Waals surface area contributed by atoms with Crippen LogP contribution in [0.15, 0.2) is 36.2 Å². The monoisotopic (exact) mass is 338 g/mol. The molecule has 1 fully saturated rings. The first-order valence-electron chi connectivity index (χ1n) is 8.11. The number of hydrogen-bond donors (Lipinski definition) is 4. The van der Waals surface area contributed by atoms with Crippen molar-refractivity contribution in [2.45, 2.75) is 50.3 Å². The van der Waals surface area contributed by atoms with Gasteiger partial charge < -0.3 is 15.8 Å². The fourth-order valence-corrected chi connectivity index (χ4v) is 3.50. The highest BCUT2D eigenvalue weighted by molar-refractivity contribution is 5.31. The molecule has 0 aliphatic carbocycles. The molecule has 1 aromatic rings. The Morgan fingerprint density at radius 3 is 2.46 bits per heavy atom. The maximum absolute atomic E-state index is 13.4. The minimum atomic E-state index is -2.88. The van der Waals surface area contributed by atoms with Crippen molar-refractivity contribution >= 4 is 0 Å². The zero-order valence-corrected chi connectivity index (χ0v) is 14.1. The van der Waals surface area contributed by atoms with Gasteiger partial charge in [0.05, 0.1) is 17.3 Å². The van der Waals surface area contributed by atoms with Crippen LogP contribution in [0.1, 0.15) is 37.8 Å². The van der Waals surface area contributed by atoms with Crippen LogP contribution < -0.4 is 16.3 Å². The Morgan fingerprint density at radius 1 is 1.25 bits per heavy atom. The summed E-state index contributed by atoms with van der Waals surface area (Å²) in [4.78, 5) is 0. The van der Waals surface area contributed by atoms with E-state index in [0.29, 0.717) is 18.4 Å². The van der Waals surface area contributed by atoms with E-state index in [1.807, 2.05) is 20.2 Å². The summed E-state index contributed by atoms with van der Waals surface area (Å²) in [6.45, 7) is 2.89. The van der Waals surface area contributed by atoms with E-state index in [9.17, 15) is 13.9 Å². The lowest BCUT2D eigenvalue weighted by Crippen LogP contribution is -2.53. The van der Waals surface area contributed by atoms with Gasteiger partial charge in [-0.25, -0.2) is 8.78 Å². The van der Waals surface area contributed by atoms with Crippen LogP contribution in [0.4, 0.5) is 8.78 Å². The van der Waals surface area contributed by atoms with Gasteiger partial charge in [0.1, 0.15) is 0 Å². The third-order valence-corrected chi connectivity index (χ3v) is 4.69. The lowest BCUT2D eigenvalue weighted by molar-refractivity contribution is -0.0186. The number of hydrogen-bond acceptors (Lipinski definition) is 5. The van der Waals surface area contributed by atoms with E-state index in [-0.39, 0.29) is 17.6 Å². The quantitative estimate of drug-likeness (QED) is 0.678. The molecule has 0 aromatic heterocycles. The summed E-state index contributed by atoms with van der Waals surface area (Å²) in [5.74, 6) is -2.88. The smallest absolute Gasteiger partial charge is 0.270 e. The molecule has 2 aliphatic heterocycles. The Balaban J connectivity index is 1.84. The molecule has 0 unspecified atom stereocenters. The summed E-state index contributed by atoms with van der Waals surface area (Å²) in [6.07, 6.45) is 2.92. The van der Waals surface area contributed by atoms with Crippen LogP contribution in [0.5, 0.6) is 0 Å². The summed E-state index contributed by atoms with van der Waals surface area (Å²) in [7, 11) is 1.88. The minimum absolute atomic E-state index is 0.0422. The maximum Gasteiger partial charge on any atom is 0.270 e. The summed E-state index contributed by atoms with van der Waals surface area (Å²) < 4.78 is 26.8. The standard InChI is InChI=1S/C17H24F2N4O/c1-11-8-17(24,9-14(20-11)15-10-23(3)22-21-15)13-6-4-12(5-7-13)16(2,18)19/h4-7,10-11,14,20-22,24H,8-9H2,1-3H3/t11-,14-,17-/m0/s1. The van der Waals surface area contributed by atoms with Gasteiger partial charge >= 0.3 is 0 Å². The van der Waals surface area contributed by atoms with Crippen molar-refractivity contribution in [3.05, 3.63) is 47.3 Å². The van der Waals surface area contributed by atoms with Gasteiger partial charge in [-0.3, -0.25) is 5.01 Å². The second kappa shape index (κ2) is 5.98. The number of aliphatic hydroxyl groups is 1. The lowest BCUT2D eigenvalue weighted by Gasteiger charge is -2.41. The maximum atomic E-state index is 13.4. The lowest BCUT2D eigenvalue weighted by atomic mass is 9.78. The van der Waals surface area contributed by atoms with Crippen molar-refractivity contribution in [3.8, 4) is 0 Å². The first-order valence-corrected chi connectivity index (χ1v) is 8.11. The van der Waals surface area contributed by atoms with Gasteiger partial charge in [0, 0.05) is 38.2 Å². The molecule has 0 bridgehead atoms. The zero-order chi connectivity index (χ0) is 17.5. The molecule has 7 heteroatoms. The fraction of sp³-hybridized carbons (Fsp3) is 0.529. The Hall–Kier alpha value is -1.70. The number of piperidine rings is 1. The van der Waals surface area contributed by atoms with Crippen molar-refractivity contribution < 1.29 is 13.9 Å². The number of nitrogens with one attached hydrogen (secondary N) is 3.